The van der Waals surface area contributed by atoms with E-state index in [1.165, 1.54) is 44.1 Å². The van der Waals surface area contributed by atoms with Crippen LogP contribution in [0.4, 0.5) is 10.1 Å². The molecule has 0 radical (unpaired) electrons. The minimum absolute atomic E-state index is 0.157. The molecule has 1 fully saturated rings. The maximum Gasteiger partial charge on any atom is 0.258 e. The molecular formula is C28H29FN2O2S. The van der Waals surface area contributed by atoms with Gasteiger partial charge in [0.05, 0.1) is 11.2 Å². The van der Waals surface area contributed by atoms with Gasteiger partial charge in [0.25, 0.3) is 10.0 Å². The molecule has 1 saturated heterocycles. The number of rotatable bonds is 4. The predicted molar refractivity (Wildman–Crippen MR) is 135 cm³/mol. The number of likely N-dealkylation sites (tertiary alicyclic amines) is 1. The van der Waals surface area contributed by atoms with Crippen molar-refractivity contribution in [2.45, 2.75) is 44.8 Å². The molecule has 5 rings (SSSR count). The van der Waals surface area contributed by atoms with E-state index >= 15 is 0 Å². The fourth-order valence-electron chi connectivity index (χ4n) is 5.44. The van der Waals surface area contributed by atoms with Crippen LogP contribution < -0.4 is 4.31 Å². The predicted octanol–water partition coefficient (Wildman–Crippen LogP) is 5.89. The van der Waals surface area contributed by atoms with Crippen LogP contribution in [0, 0.1) is 12.7 Å². The third kappa shape index (κ3) is 4.17. The molecular weight excluding hydrogens is 447 g/mol. The topological polar surface area (TPSA) is 40.6 Å². The summed E-state index contributed by atoms with van der Waals surface area (Å²) in [6, 6.07) is 23.1. The number of hydrogen-bond acceptors (Lipinski definition) is 3. The second kappa shape index (κ2) is 8.67. The average molecular weight is 477 g/mol. The Morgan fingerprint density at radius 2 is 1.82 bits per heavy atom. The summed E-state index contributed by atoms with van der Waals surface area (Å²) >= 11 is 0. The Morgan fingerprint density at radius 1 is 1.03 bits per heavy atom. The Kier molecular flexibility index (Phi) is 5.82. The Labute approximate surface area is 201 Å². The van der Waals surface area contributed by atoms with E-state index in [-0.39, 0.29) is 6.04 Å². The third-order valence-electron chi connectivity index (χ3n) is 7.12. The zero-order valence-corrected chi connectivity index (χ0v) is 20.3. The second-order valence-electron chi connectivity index (χ2n) is 9.48. The molecule has 2 atom stereocenters. The minimum atomic E-state index is -3.64. The molecule has 34 heavy (non-hydrogen) atoms. The van der Waals surface area contributed by atoms with Gasteiger partial charge in [0.15, 0.2) is 0 Å². The Hall–Kier alpha value is -2.96. The van der Waals surface area contributed by atoms with Gasteiger partial charge in [-0.3, -0.25) is 9.21 Å². The lowest BCUT2D eigenvalue weighted by Gasteiger charge is -2.47. The van der Waals surface area contributed by atoms with Gasteiger partial charge in [-0.15, -0.1) is 0 Å². The van der Waals surface area contributed by atoms with E-state index in [9.17, 15) is 12.8 Å². The van der Waals surface area contributed by atoms with Crippen LogP contribution in [0.3, 0.4) is 0 Å². The van der Waals surface area contributed by atoms with Crippen LogP contribution in [-0.4, -0.2) is 31.4 Å². The van der Waals surface area contributed by atoms with Crippen LogP contribution in [0.25, 0.3) is 11.1 Å². The highest BCUT2D eigenvalue weighted by molar-refractivity contribution is 7.96. The molecule has 4 nitrogen and oxygen atoms in total. The molecule has 3 aromatic rings. The first-order chi connectivity index (χ1) is 16.3. The Bertz CT molecular complexity index is 1350. The van der Waals surface area contributed by atoms with Crippen molar-refractivity contribution in [2.24, 2.45) is 0 Å². The third-order valence-corrected chi connectivity index (χ3v) is 8.69. The molecule has 0 N–H and O–H groups in total. The maximum absolute atomic E-state index is 13.9. The highest BCUT2D eigenvalue weighted by Crippen LogP contribution is 2.43. The van der Waals surface area contributed by atoms with Gasteiger partial charge >= 0.3 is 0 Å². The number of aryl methyl sites for hydroxylation is 1. The zero-order chi connectivity index (χ0) is 23.9. The van der Waals surface area contributed by atoms with E-state index in [0.717, 1.165) is 13.1 Å². The summed E-state index contributed by atoms with van der Waals surface area (Å²) in [6.07, 6.45) is 3.11. The van der Waals surface area contributed by atoms with Crippen molar-refractivity contribution in [3.8, 4) is 11.1 Å². The molecule has 0 saturated carbocycles. The molecule has 2 aliphatic heterocycles. The van der Waals surface area contributed by atoms with Crippen LogP contribution >= 0.6 is 0 Å². The smallest absolute Gasteiger partial charge is 0.258 e. The number of anilines is 1. The van der Waals surface area contributed by atoms with Crippen molar-refractivity contribution in [2.75, 3.05) is 10.8 Å². The average Bonchev–Trinajstić information content (AvgIpc) is 3.06. The van der Waals surface area contributed by atoms with Crippen LogP contribution in [-0.2, 0) is 16.6 Å². The van der Waals surface area contributed by atoms with Gasteiger partial charge in [-0.1, -0.05) is 48.5 Å². The fraction of sp³-hybridized carbons (Fsp3) is 0.286. The molecule has 3 aromatic carbocycles. The molecule has 6 heteroatoms. The fourth-order valence-corrected chi connectivity index (χ4v) is 7.13. The summed E-state index contributed by atoms with van der Waals surface area (Å²) in [5.74, 6) is -0.436. The van der Waals surface area contributed by atoms with Gasteiger partial charge in [-0.2, -0.15) is 0 Å². The van der Waals surface area contributed by atoms with Gasteiger partial charge in [0.2, 0.25) is 0 Å². The maximum atomic E-state index is 13.9. The summed E-state index contributed by atoms with van der Waals surface area (Å²) in [6.45, 7) is 5.82. The molecule has 0 unspecified atom stereocenters. The largest absolute Gasteiger partial charge is 0.296 e. The quantitative estimate of drug-likeness (QED) is 0.472. The summed E-state index contributed by atoms with van der Waals surface area (Å²) in [5, 5.41) is 1.28. The monoisotopic (exact) mass is 476 g/mol. The van der Waals surface area contributed by atoms with Crippen molar-refractivity contribution in [3.05, 3.63) is 101 Å². The van der Waals surface area contributed by atoms with Gasteiger partial charge < -0.3 is 0 Å². The van der Waals surface area contributed by atoms with E-state index in [1.54, 1.807) is 18.2 Å². The van der Waals surface area contributed by atoms with Crippen molar-refractivity contribution in [1.82, 2.24) is 4.90 Å². The standard InChI is InChI=1S/C28H29FN2O2S/c1-21-7-3-4-12-27(21)24-9-5-8-23(17-24)20-30-15-13-28(19-22(30)2)14-16-34(32,33)31(28)26-11-6-10-25(29)18-26/h3-12,14,16-18,22H,13,15,19-20H2,1-2H3/t22-,28-/m0/s1. The first-order valence-electron chi connectivity index (χ1n) is 11.7. The lowest BCUT2D eigenvalue weighted by atomic mass is 9.83. The van der Waals surface area contributed by atoms with Gasteiger partial charge in [-0.25, -0.2) is 12.8 Å². The molecule has 0 amide bonds. The van der Waals surface area contributed by atoms with Gasteiger partial charge in [0.1, 0.15) is 5.82 Å². The SMILES string of the molecule is Cc1ccccc1-c1cccc(CN2CC[C@]3(C=CS(=O)(=O)N3c3cccc(F)c3)C[C@@H]2C)c1. The number of nitrogens with zero attached hydrogens (tertiary/aromatic N) is 2. The Morgan fingerprint density at radius 3 is 2.59 bits per heavy atom. The summed E-state index contributed by atoms with van der Waals surface area (Å²) in [4.78, 5) is 2.41. The van der Waals surface area contributed by atoms with E-state index in [1.807, 2.05) is 0 Å². The van der Waals surface area contributed by atoms with Crippen LogP contribution in [0.2, 0.25) is 0 Å². The zero-order valence-electron chi connectivity index (χ0n) is 19.5. The first kappa shape index (κ1) is 22.8. The number of halogens is 1. The molecule has 2 aliphatic rings. The number of sulfonamides is 1. The van der Waals surface area contributed by atoms with E-state index in [4.69, 9.17) is 0 Å². The van der Waals surface area contributed by atoms with Crippen LogP contribution in [0.15, 0.2) is 84.3 Å². The van der Waals surface area contributed by atoms with Gasteiger partial charge in [0, 0.05) is 24.5 Å². The van der Waals surface area contributed by atoms with Crippen molar-refractivity contribution in [1.29, 1.82) is 0 Å². The van der Waals surface area contributed by atoms with Crippen molar-refractivity contribution in [3.63, 3.8) is 0 Å². The normalized spacial score (nSPS) is 24.1. The molecule has 0 aromatic heterocycles. The van der Waals surface area contributed by atoms with Crippen LogP contribution in [0.1, 0.15) is 30.9 Å². The van der Waals surface area contributed by atoms with E-state index < -0.39 is 21.4 Å². The van der Waals surface area contributed by atoms with E-state index in [2.05, 4.69) is 67.3 Å². The number of hydrogen-bond donors (Lipinski definition) is 0. The number of benzene rings is 3. The van der Waals surface area contributed by atoms with Gasteiger partial charge in [-0.05, 0) is 79.3 Å². The van der Waals surface area contributed by atoms with Crippen molar-refractivity contribution >= 4 is 15.7 Å². The number of piperidine rings is 1. The molecule has 1 spiro atoms. The minimum Gasteiger partial charge on any atom is -0.296 e. The molecule has 0 bridgehead atoms. The first-order valence-corrected chi connectivity index (χ1v) is 13.2. The lowest BCUT2D eigenvalue weighted by molar-refractivity contribution is 0.120. The molecule has 0 aliphatic carbocycles. The molecule has 2 heterocycles. The Balaban J connectivity index is 1.37. The second-order valence-corrected chi connectivity index (χ2v) is 11.2. The van der Waals surface area contributed by atoms with Crippen molar-refractivity contribution < 1.29 is 12.8 Å². The molecule has 176 valence electrons. The summed E-state index contributed by atoms with van der Waals surface area (Å²) in [5.41, 5.74) is 4.66. The highest BCUT2D eigenvalue weighted by atomic mass is 32.2. The summed E-state index contributed by atoms with van der Waals surface area (Å²) < 4.78 is 41.2. The lowest BCUT2D eigenvalue weighted by Crippen LogP contribution is -2.56. The highest BCUT2D eigenvalue weighted by Gasteiger charge is 2.49. The van der Waals surface area contributed by atoms with E-state index in [0.29, 0.717) is 18.5 Å². The summed E-state index contributed by atoms with van der Waals surface area (Å²) in [7, 11) is -3.64. The van der Waals surface area contributed by atoms with Crippen LogP contribution in [0.5, 0.6) is 0 Å².